The largest absolute Gasteiger partial charge is 0.300 e. The summed E-state index contributed by atoms with van der Waals surface area (Å²) in [5.74, 6) is 1.62. The van der Waals surface area contributed by atoms with Crippen LogP contribution in [0.3, 0.4) is 0 Å². The average molecular weight is 258 g/mol. The molecule has 1 aliphatic heterocycles. The summed E-state index contributed by atoms with van der Waals surface area (Å²) in [4.78, 5) is 7.37. The van der Waals surface area contributed by atoms with E-state index in [9.17, 15) is 0 Å². The van der Waals surface area contributed by atoms with Crippen LogP contribution in [0.15, 0.2) is 18.3 Å². The van der Waals surface area contributed by atoms with Gasteiger partial charge in [0.1, 0.15) is 0 Å². The Bertz CT molecular complexity index is 421. The van der Waals surface area contributed by atoms with E-state index in [4.69, 9.17) is 0 Å². The Labute approximate surface area is 117 Å². The number of hydrogen-bond donors (Lipinski definition) is 0. The Balaban J connectivity index is 1.59. The molecule has 3 rings (SSSR count). The van der Waals surface area contributed by atoms with E-state index in [0.29, 0.717) is 5.92 Å². The summed E-state index contributed by atoms with van der Waals surface area (Å²) < 4.78 is 0. The summed E-state index contributed by atoms with van der Waals surface area (Å²) in [6.45, 7) is 7.26. The number of pyridine rings is 1. The summed E-state index contributed by atoms with van der Waals surface area (Å²) >= 11 is 0. The lowest BCUT2D eigenvalue weighted by atomic mass is 9.82. The van der Waals surface area contributed by atoms with Crippen molar-refractivity contribution >= 4 is 0 Å². The molecule has 2 heteroatoms. The first-order chi connectivity index (χ1) is 9.24. The highest BCUT2D eigenvalue weighted by atomic mass is 15.2. The van der Waals surface area contributed by atoms with Gasteiger partial charge in [-0.1, -0.05) is 13.0 Å². The first-order valence-corrected chi connectivity index (χ1v) is 7.89. The van der Waals surface area contributed by atoms with E-state index in [-0.39, 0.29) is 0 Å². The van der Waals surface area contributed by atoms with Crippen LogP contribution in [0.4, 0.5) is 0 Å². The highest BCUT2D eigenvalue weighted by Gasteiger charge is 2.30. The van der Waals surface area contributed by atoms with Crippen LogP contribution in [-0.2, 0) is 0 Å². The van der Waals surface area contributed by atoms with Crippen molar-refractivity contribution in [3.63, 3.8) is 0 Å². The second-order valence-corrected chi connectivity index (χ2v) is 6.60. The van der Waals surface area contributed by atoms with Crippen molar-refractivity contribution in [2.24, 2.45) is 5.92 Å². The van der Waals surface area contributed by atoms with Gasteiger partial charge in [-0.05, 0) is 63.1 Å². The third-order valence-electron chi connectivity index (χ3n) is 5.11. The molecule has 0 bridgehead atoms. The molecule has 1 aromatic rings. The van der Waals surface area contributed by atoms with Gasteiger partial charge in [0, 0.05) is 30.4 Å². The van der Waals surface area contributed by atoms with Gasteiger partial charge in [-0.2, -0.15) is 0 Å². The topological polar surface area (TPSA) is 16.1 Å². The molecular weight excluding hydrogens is 232 g/mol. The van der Waals surface area contributed by atoms with Crippen LogP contribution in [0.5, 0.6) is 0 Å². The van der Waals surface area contributed by atoms with Gasteiger partial charge in [0.2, 0.25) is 0 Å². The van der Waals surface area contributed by atoms with Crippen molar-refractivity contribution in [3.05, 3.63) is 29.6 Å². The van der Waals surface area contributed by atoms with Crippen LogP contribution in [0, 0.1) is 12.8 Å². The fourth-order valence-corrected chi connectivity index (χ4v) is 3.94. The predicted molar refractivity (Wildman–Crippen MR) is 79.3 cm³/mol. The molecule has 19 heavy (non-hydrogen) atoms. The Kier molecular flexibility index (Phi) is 3.88. The first kappa shape index (κ1) is 13.1. The number of hydrogen-bond acceptors (Lipinski definition) is 2. The lowest BCUT2D eigenvalue weighted by Crippen LogP contribution is -2.36. The quantitative estimate of drug-likeness (QED) is 0.803. The number of nitrogens with zero attached hydrogens (tertiary/aromatic N) is 2. The van der Waals surface area contributed by atoms with Crippen LogP contribution < -0.4 is 0 Å². The number of likely N-dealkylation sites (tertiary alicyclic amines) is 1. The van der Waals surface area contributed by atoms with Crippen LogP contribution in [0.1, 0.15) is 56.2 Å². The molecule has 1 aliphatic carbocycles. The molecule has 2 heterocycles. The van der Waals surface area contributed by atoms with E-state index < -0.39 is 0 Å². The monoisotopic (exact) mass is 258 g/mol. The number of aryl methyl sites for hydroxylation is 1. The van der Waals surface area contributed by atoms with Crippen LogP contribution in [0.25, 0.3) is 0 Å². The zero-order valence-corrected chi connectivity index (χ0v) is 12.3. The van der Waals surface area contributed by atoms with Gasteiger partial charge in [-0.15, -0.1) is 0 Å². The number of rotatable bonds is 2. The van der Waals surface area contributed by atoms with Crippen LogP contribution in [-0.4, -0.2) is 29.0 Å². The Morgan fingerprint density at radius 3 is 2.58 bits per heavy atom. The smallest absolute Gasteiger partial charge is 0.0463 e. The van der Waals surface area contributed by atoms with Gasteiger partial charge < -0.3 is 4.90 Å². The minimum atomic E-state index is 0.706. The second-order valence-electron chi connectivity index (χ2n) is 6.60. The van der Waals surface area contributed by atoms with E-state index in [1.54, 1.807) is 0 Å². The van der Waals surface area contributed by atoms with Crippen molar-refractivity contribution in [2.75, 3.05) is 13.1 Å². The Morgan fingerprint density at radius 2 is 1.95 bits per heavy atom. The van der Waals surface area contributed by atoms with E-state index in [0.717, 1.165) is 12.0 Å². The fraction of sp³-hybridized carbons (Fsp3) is 0.706. The lowest BCUT2D eigenvalue weighted by molar-refractivity contribution is 0.176. The van der Waals surface area contributed by atoms with Crippen LogP contribution >= 0.6 is 0 Å². The van der Waals surface area contributed by atoms with Gasteiger partial charge in [-0.25, -0.2) is 0 Å². The van der Waals surface area contributed by atoms with Gasteiger partial charge >= 0.3 is 0 Å². The molecule has 2 fully saturated rings. The maximum atomic E-state index is 4.62. The van der Waals surface area contributed by atoms with Gasteiger partial charge in [0.05, 0.1) is 0 Å². The third kappa shape index (κ3) is 2.84. The van der Waals surface area contributed by atoms with Gasteiger partial charge in [0.15, 0.2) is 0 Å². The van der Waals surface area contributed by atoms with Gasteiger partial charge in [0.25, 0.3) is 0 Å². The second kappa shape index (κ2) is 5.62. The fourth-order valence-electron chi connectivity index (χ4n) is 3.94. The van der Waals surface area contributed by atoms with Crippen molar-refractivity contribution in [1.82, 2.24) is 9.88 Å². The summed E-state index contributed by atoms with van der Waals surface area (Å²) in [5.41, 5.74) is 2.73. The minimum Gasteiger partial charge on any atom is -0.300 e. The van der Waals surface area contributed by atoms with Crippen molar-refractivity contribution < 1.29 is 0 Å². The summed E-state index contributed by atoms with van der Waals surface area (Å²) in [7, 11) is 0. The first-order valence-electron chi connectivity index (χ1n) is 7.89. The SMILES string of the molecule is Cc1cccnc1C1CCC(N2CC[C@@H](C)C2)CC1. The van der Waals surface area contributed by atoms with E-state index in [2.05, 4.69) is 35.9 Å². The van der Waals surface area contributed by atoms with Crippen molar-refractivity contribution in [2.45, 2.75) is 57.9 Å². The summed E-state index contributed by atoms with van der Waals surface area (Å²) in [6, 6.07) is 5.11. The number of aromatic nitrogens is 1. The Hall–Kier alpha value is -0.890. The maximum absolute atomic E-state index is 4.62. The molecule has 1 atom stereocenters. The molecule has 0 unspecified atom stereocenters. The maximum Gasteiger partial charge on any atom is 0.0463 e. The van der Waals surface area contributed by atoms with Crippen molar-refractivity contribution in [3.8, 4) is 0 Å². The Morgan fingerprint density at radius 1 is 1.16 bits per heavy atom. The van der Waals surface area contributed by atoms with E-state index in [1.165, 1.54) is 56.5 Å². The predicted octanol–water partition coefficient (Wildman–Crippen LogP) is 3.76. The molecule has 2 nitrogen and oxygen atoms in total. The highest BCUT2D eigenvalue weighted by Crippen LogP contribution is 2.36. The van der Waals surface area contributed by atoms with E-state index >= 15 is 0 Å². The third-order valence-corrected chi connectivity index (χ3v) is 5.11. The normalized spacial score (nSPS) is 32.6. The van der Waals surface area contributed by atoms with Crippen LogP contribution in [0.2, 0.25) is 0 Å². The summed E-state index contributed by atoms with van der Waals surface area (Å²) in [5, 5.41) is 0. The van der Waals surface area contributed by atoms with Gasteiger partial charge in [-0.3, -0.25) is 4.98 Å². The molecule has 0 spiro atoms. The average Bonchev–Trinajstić information content (AvgIpc) is 2.86. The standard InChI is InChI=1S/C17H26N2/c1-13-9-11-19(12-13)16-7-5-15(6-8-16)17-14(2)4-3-10-18-17/h3-4,10,13,15-16H,5-9,11-12H2,1-2H3/t13-,15?,16?/m1/s1. The molecule has 0 amide bonds. The highest BCUT2D eigenvalue weighted by molar-refractivity contribution is 5.22. The molecular formula is C17H26N2. The molecule has 0 N–H and O–H groups in total. The molecule has 1 saturated heterocycles. The molecule has 1 saturated carbocycles. The molecule has 1 aromatic heterocycles. The molecule has 2 aliphatic rings. The zero-order chi connectivity index (χ0) is 13.2. The molecule has 0 radical (unpaired) electrons. The minimum absolute atomic E-state index is 0.706. The zero-order valence-electron chi connectivity index (χ0n) is 12.3. The van der Waals surface area contributed by atoms with E-state index in [1.807, 2.05) is 6.20 Å². The lowest BCUT2D eigenvalue weighted by Gasteiger charge is -2.34. The molecule has 104 valence electrons. The van der Waals surface area contributed by atoms with Crippen molar-refractivity contribution in [1.29, 1.82) is 0 Å². The molecule has 0 aromatic carbocycles. The summed E-state index contributed by atoms with van der Waals surface area (Å²) in [6.07, 6.45) is 8.75.